The molecule has 126 valence electrons. The summed E-state index contributed by atoms with van der Waals surface area (Å²) in [5, 5.41) is 12.1. The second kappa shape index (κ2) is 7.60. The maximum atomic E-state index is 12.5. The average Bonchev–Trinajstić information content (AvgIpc) is 2.44. The molecule has 0 bridgehead atoms. The van der Waals surface area contributed by atoms with Gasteiger partial charge in [-0.25, -0.2) is 0 Å². The number of aliphatic hydroxyl groups is 1. The smallest absolute Gasteiger partial charge is 0.378 e. The van der Waals surface area contributed by atoms with E-state index in [9.17, 15) is 27.9 Å². The molecule has 5 nitrogen and oxygen atoms in total. The molecule has 9 heteroatoms. The summed E-state index contributed by atoms with van der Waals surface area (Å²) in [5.41, 5.74) is 4.17. The number of rotatable bonds is 6. The molecule has 1 rings (SSSR count). The van der Waals surface area contributed by atoms with Crippen LogP contribution in [0.4, 0.5) is 13.2 Å². The van der Waals surface area contributed by atoms with Crippen LogP contribution in [0.15, 0.2) is 35.3 Å². The van der Waals surface area contributed by atoms with Crippen molar-refractivity contribution in [2.45, 2.75) is 24.7 Å². The Morgan fingerprint density at radius 3 is 2.22 bits per heavy atom. The highest BCUT2D eigenvalue weighted by atomic mass is 79.9. The monoisotopic (exact) mass is 394 g/mol. The number of carbonyl (C=O) groups is 2. The van der Waals surface area contributed by atoms with Crippen LogP contribution >= 0.6 is 15.9 Å². The molecule has 0 aliphatic carbocycles. The fourth-order valence-corrected chi connectivity index (χ4v) is 2.02. The Hall–Kier alpha value is -1.87. The second-order valence-electron chi connectivity index (χ2n) is 4.71. The van der Waals surface area contributed by atoms with Crippen LogP contribution in [0.25, 0.3) is 0 Å². The molecule has 0 heterocycles. The number of aliphatic hydroxyl groups excluding tert-OH is 1. The summed E-state index contributed by atoms with van der Waals surface area (Å²) < 4.78 is 37.8. The van der Waals surface area contributed by atoms with Crippen molar-refractivity contribution < 1.29 is 27.9 Å². The van der Waals surface area contributed by atoms with Crippen LogP contribution in [0.3, 0.4) is 0 Å². The van der Waals surface area contributed by atoms with E-state index in [4.69, 9.17) is 5.73 Å². The fraction of sp³-hybridized carbons (Fsp3) is 0.286. The molecule has 1 aromatic rings. The highest BCUT2D eigenvalue weighted by Crippen LogP contribution is 2.30. The van der Waals surface area contributed by atoms with Gasteiger partial charge in [-0.05, 0) is 22.2 Å². The molecular formula is C14H14BrF3N2O3. The zero-order valence-corrected chi connectivity index (χ0v) is 13.3. The van der Waals surface area contributed by atoms with Crippen molar-refractivity contribution in [3.05, 3.63) is 46.5 Å². The van der Waals surface area contributed by atoms with Gasteiger partial charge in [-0.3, -0.25) is 9.59 Å². The molecule has 1 aromatic carbocycles. The van der Waals surface area contributed by atoms with Crippen molar-refractivity contribution in [3.8, 4) is 0 Å². The lowest BCUT2D eigenvalue weighted by Crippen LogP contribution is -2.46. The summed E-state index contributed by atoms with van der Waals surface area (Å²) in [4.78, 5) is 23.1. The van der Waals surface area contributed by atoms with Gasteiger partial charge >= 0.3 is 6.18 Å². The van der Waals surface area contributed by atoms with Crippen LogP contribution in [0.1, 0.15) is 23.7 Å². The number of hydrogen-bond acceptors (Lipinski definition) is 3. The maximum Gasteiger partial charge on any atom is 0.416 e. The molecule has 2 atom stereocenters. The molecule has 0 saturated heterocycles. The van der Waals surface area contributed by atoms with Gasteiger partial charge in [0, 0.05) is 6.42 Å². The largest absolute Gasteiger partial charge is 0.416 e. The lowest BCUT2D eigenvalue weighted by atomic mass is 10.1. The summed E-state index contributed by atoms with van der Waals surface area (Å²) in [6.07, 6.45) is -6.23. The first-order valence-electron chi connectivity index (χ1n) is 6.30. The number of nitrogens with two attached hydrogens (primary N) is 1. The molecule has 0 spiro atoms. The van der Waals surface area contributed by atoms with Gasteiger partial charge in [-0.15, -0.1) is 0 Å². The fourth-order valence-electron chi connectivity index (χ4n) is 1.70. The second-order valence-corrected chi connectivity index (χ2v) is 5.83. The Balaban J connectivity index is 2.83. The molecule has 0 aliphatic heterocycles. The molecule has 4 N–H and O–H groups in total. The van der Waals surface area contributed by atoms with E-state index < -0.39 is 35.7 Å². The van der Waals surface area contributed by atoms with Gasteiger partial charge in [-0.2, -0.15) is 13.2 Å². The van der Waals surface area contributed by atoms with Gasteiger partial charge in [-0.1, -0.05) is 34.6 Å². The minimum atomic E-state index is -4.51. The summed E-state index contributed by atoms with van der Waals surface area (Å²) in [7, 11) is 0. The molecular weight excluding hydrogens is 381 g/mol. The number of hydrogen-bond donors (Lipinski definition) is 3. The maximum absolute atomic E-state index is 12.5. The summed E-state index contributed by atoms with van der Waals surface area (Å²) >= 11 is 3.02. The van der Waals surface area contributed by atoms with Crippen molar-refractivity contribution >= 4 is 27.7 Å². The van der Waals surface area contributed by atoms with Crippen LogP contribution < -0.4 is 11.1 Å². The van der Waals surface area contributed by atoms with E-state index >= 15 is 0 Å². The number of halogens is 4. The third kappa shape index (κ3) is 5.68. The topological polar surface area (TPSA) is 92.4 Å². The summed E-state index contributed by atoms with van der Waals surface area (Å²) in [6, 6.07) is 2.36. The molecule has 23 heavy (non-hydrogen) atoms. The van der Waals surface area contributed by atoms with Crippen LogP contribution in [0.2, 0.25) is 0 Å². The molecule has 2 amide bonds. The number of nitrogens with one attached hydrogen (secondary N) is 1. The summed E-state index contributed by atoms with van der Waals surface area (Å²) in [5.74, 6) is -1.79. The van der Waals surface area contributed by atoms with Gasteiger partial charge in [0.1, 0.15) is 6.04 Å². The predicted octanol–water partition coefficient (Wildman–Crippen LogP) is 2.01. The Kier molecular flexibility index (Phi) is 6.34. The SMILES string of the molecule is C=C(Br)C[C@H](NC(=O)[C@H](O)c1ccc(C(F)(F)F)cc1)C(N)=O. The number of primary amides is 1. The van der Waals surface area contributed by atoms with Crippen LogP contribution in [0.5, 0.6) is 0 Å². The van der Waals surface area contributed by atoms with Crippen LogP contribution in [0, 0.1) is 0 Å². The first kappa shape index (κ1) is 19.2. The lowest BCUT2D eigenvalue weighted by Gasteiger charge is -2.18. The normalized spacial score (nSPS) is 14.0. The molecule has 0 aliphatic rings. The van der Waals surface area contributed by atoms with E-state index in [2.05, 4.69) is 27.8 Å². The van der Waals surface area contributed by atoms with Gasteiger partial charge in [0.15, 0.2) is 6.10 Å². The molecule has 0 saturated carbocycles. The van der Waals surface area contributed by atoms with E-state index in [1.807, 2.05) is 0 Å². The minimum absolute atomic E-state index is 0.0147. The highest BCUT2D eigenvalue weighted by molar-refractivity contribution is 9.11. The lowest BCUT2D eigenvalue weighted by molar-refractivity contribution is -0.137. The van der Waals surface area contributed by atoms with Gasteiger partial charge in [0.2, 0.25) is 5.91 Å². The number of amides is 2. The van der Waals surface area contributed by atoms with Crippen molar-refractivity contribution in [3.63, 3.8) is 0 Å². The van der Waals surface area contributed by atoms with E-state index in [0.717, 1.165) is 24.3 Å². The predicted molar refractivity (Wildman–Crippen MR) is 80.2 cm³/mol. The third-order valence-corrected chi connectivity index (χ3v) is 3.21. The molecule has 0 unspecified atom stereocenters. The van der Waals surface area contributed by atoms with E-state index in [1.165, 1.54) is 0 Å². The zero-order chi connectivity index (χ0) is 17.8. The Morgan fingerprint density at radius 1 is 1.30 bits per heavy atom. The Morgan fingerprint density at radius 2 is 1.83 bits per heavy atom. The summed E-state index contributed by atoms with van der Waals surface area (Å²) in [6.45, 7) is 3.51. The van der Waals surface area contributed by atoms with Crippen molar-refractivity contribution in [1.82, 2.24) is 5.32 Å². The van der Waals surface area contributed by atoms with Gasteiger partial charge < -0.3 is 16.2 Å². The quantitative estimate of drug-likeness (QED) is 0.688. The first-order valence-corrected chi connectivity index (χ1v) is 7.10. The van der Waals surface area contributed by atoms with E-state index in [1.54, 1.807) is 0 Å². The number of benzene rings is 1. The third-order valence-electron chi connectivity index (χ3n) is 2.89. The number of alkyl halides is 3. The average molecular weight is 395 g/mol. The van der Waals surface area contributed by atoms with Crippen molar-refractivity contribution in [2.24, 2.45) is 5.73 Å². The standard InChI is InChI=1S/C14H14BrF3N2O3/c1-7(15)6-10(12(19)22)20-13(23)11(21)8-2-4-9(5-3-8)14(16,17)18/h2-5,10-11,21H,1,6H2,(H2,19,22)(H,20,23)/t10-,11+/m0/s1. The molecule has 0 aromatic heterocycles. The first-order chi connectivity index (χ1) is 10.5. The van der Waals surface area contributed by atoms with Crippen molar-refractivity contribution in [2.75, 3.05) is 0 Å². The Labute approximate surface area is 138 Å². The van der Waals surface area contributed by atoms with E-state index in [-0.39, 0.29) is 12.0 Å². The van der Waals surface area contributed by atoms with Gasteiger partial charge in [0.05, 0.1) is 5.56 Å². The molecule has 0 fully saturated rings. The van der Waals surface area contributed by atoms with Crippen molar-refractivity contribution in [1.29, 1.82) is 0 Å². The van der Waals surface area contributed by atoms with Gasteiger partial charge in [0.25, 0.3) is 5.91 Å². The van der Waals surface area contributed by atoms with E-state index in [0.29, 0.717) is 4.48 Å². The van der Waals surface area contributed by atoms with Crippen LogP contribution in [-0.2, 0) is 15.8 Å². The zero-order valence-electron chi connectivity index (χ0n) is 11.7. The highest BCUT2D eigenvalue weighted by Gasteiger charge is 2.31. The van der Waals surface area contributed by atoms with Crippen LogP contribution in [-0.4, -0.2) is 23.0 Å². The minimum Gasteiger partial charge on any atom is -0.378 e. The number of carbonyl (C=O) groups excluding carboxylic acids is 2. The Bertz CT molecular complexity index is 602. The molecule has 0 radical (unpaired) electrons.